The van der Waals surface area contributed by atoms with Gasteiger partial charge in [0.1, 0.15) is 5.82 Å². The number of hydrogen-bond donors (Lipinski definition) is 2. The quantitative estimate of drug-likeness (QED) is 0.865. The predicted octanol–water partition coefficient (Wildman–Crippen LogP) is 1.13. The van der Waals surface area contributed by atoms with Crippen LogP contribution in [0.15, 0.2) is 0 Å². The summed E-state index contributed by atoms with van der Waals surface area (Å²) in [7, 11) is 2.03. The smallest absolute Gasteiger partial charge is 0.244 e. The molecule has 0 atom stereocenters. The molecule has 0 aliphatic carbocycles. The Bertz CT molecular complexity index is 407. The Morgan fingerprint density at radius 2 is 2.00 bits per heavy atom. The first-order valence-electron chi connectivity index (χ1n) is 7.76. The van der Waals surface area contributed by atoms with Crippen LogP contribution in [0.1, 0.15) is 37.4 Å². The molecular formula is C14H25N5O. The van der Waals surface area contributed by atoms with Gasteiger partial charge in [-0.15, -0.1) is 5.10 Å². The highest BCUT2D eigenvalue weighted by atomic mass is 16.5. The lowest BCUT2D eigenvalue weighted by Gasteiger charge is -2.31. The molecule has 3 heterocycles. The number of nitrogens with one attached hydrogen (secondary N) is 2. The van der Waals surface area contributed by atoms with Gasteiger partial charge >= 0.3 is 0 Å². The van der Waals surface area contributed by atoms with Gasteiger partial charge in [-0.3, -0.25) is 5.10 Å². The minimum Gasteiger partial charge on any atom is -0.381 e. The molecule has 2 fully saturated rings. The van der Waals surface area contributed by atoms with E-state index in [4.69, 9.17) is 9.72 Å². The van der Waals surface area contributed by atoms with Crippen molar-refractivity contribution >= 4 is 5.95 Å². The van der Waals surface area contributed by atoms with Crippen molar-refractivity contribution in [3.63, 3.8) is 0 Å². The molecule has 0 saturated carbocycles. The first kappa shape index (κ1) is 13.8. The van der Waals surface area contributed by atoms with Crippen molar-refractivity contribution in [1.29, 1.82) is 0 Å². The van der Waals surface area contributed by atoms with Crippen LogP contribution in [-0.2, 0) is 4.74 Å². The van der Waals surface area contributed by atoms with Crippen LogP contribution in [0.3, 0.4) is 0 Å². The fourth-order valence-electron chi connectivity index (χ4n) is 3.19. The standard InChI is InChI=1S/C14H25N5O/c1-15-10-11-2-6-19(7-3-11)14-16-13(17-18-14)12-4-8-20-9-5-12/h11-12,15H,2-10H2,1H3,(H,16,17,18). The number of ether oxygens (including phenoxy) is 1. The largest absolute Gasteiger partial charge is 0.381 e. The number of piperidine rings is 1. The van der Waals surface area contributed by atoms with E-state index in [2.05, 4.69) is 20.4 Å². The zero-order valence-corrected chi connectivity index (χ0v) is 12.3. The van der Waals surface area contributed by atoms with E-state index in [-0.39, 0.29) is 0 Å². The van der Waals surface area contributed by atoms with Crippen LogP contribution >= 0.6 is 0 Å². The van der Waals surface area contributed by atoms with Gasteiger partial charge in [0.05, 0.1) is 0 Å². The highest BCUT2D eigenvalue weighted by Crippen LogP contribution is 2.26. The van der Waals surface area contributed by atoms with Gasteiger partial charge in [0.2, 0.25) is 5.95 Å². The monoisotopic (exact) mass is 279 g/mol. The van der Waals surface area contributed by atoms with E-state index in [1.807, 2.05) is 7.05 Å². The summed E-state index contributed by atoms with van der Waals surface area (Å²) >= 11 is 0. The van der Waals surface area contributed by atoms with Crippen LogP contribution in [-0.4, -0.2) is 55.1 Å². The van der Waals surface area contributed by atoms with Gasteiger partial charge in [0, 0.05) is 32.2 Å². The molecule has 2 aliphatic heterocycles. The maximum atomic E-state index is 5.40. The fraction of sp³-hybridized carbons (Fsp3) is 0.857. The van der Waals surface area contributed by atoms with Crippen LogP contribution in [0.5, 0.6) is 0 Å². The molecule has 0 unspecified atom stereocenters. The Hall–Kier alpha value is -1.14. The van der Waals surface area contributed by atoms with Gasteiger partial charge in [0.15, 0.2) is 0 Å². The summed E-state index contributed by atoms with van der Waals surface area (Å²) in [5, 5.41) is 10.8. The molecule has 112 valence electrons. The van der Waals surface area contributed by atoms with E-state index < -0.39 is 0 Å². The zero-order chi connectivity index (χ0) is 13.8. The molecule has 2 N–H and O–H groups in total. The van der Waals surface area contributed by atoms with E-state index in [0.29, 0.717) is 5.92 Å². The van der Waals surface area contributed by atoms with E-state index >= 15 is 0 Å². The van der Waals surface area contributed by atoms with Crippen LogP contribution < -0.4 is 10.2 Å². The molecule has 0 aromatic carbocycles. The molecule has 1 aromatic rings. The van der Waals surface area contributed by atoms with Gasteiger partial charge < -0.3 is 15.0 Å². The third-order valence-corrected chi connectivity index (χ3v) is 4.49. The van der Waals surface area contributed by atoms with Crippen molar-refractivity contribution in [2.24, 2.45) is 5.92 Å². The number of rotatable bonds is 4. The van der Waals surface area contributed by atoms with Crippen molar-refractivity contribution in [2.75, 3.05) is 44.8 Å². The second kappa shape index (κ2) is 6.54. The normalized spacial score (nSPS) is 22.4. The Balaban J connectivity index is 1.57. The third-order valence-electron chi connectivity index (χ3n) is 4.49. The molecule has 0 bridgehead atoms. The topological polar surface area (TPSA) is 66.1 Å². The van der Waals surface area contributed by atoms with Gasteiger partial charge in [-0.1, -0.05) is 0 Å². The highest BCUT2D eigenvalue weighted by molar-refractivity contribution is 5.30. The molecule has 6 nitrogen and oxygen atoms in total. The molecule has 2 aliphatic rings. The van der Waals surface area contributed by atoms with Gasteiger partial charge in [-0.25, -0.2) is 0 Å². The molecule has 3 rings (SSSR count). The van der Waals surface area contributed by atoms with Crippen molar-refractivity contribution in [3.8, 4) is 0 Å². The molecular weight excluding hydrogens is 254 g/mol. The second-order valence-corrected chi connectivity index (χ2v) is 5.90. The second-order valence-electron chi connectivity index (χ2n) is 5.90. The minimum absolute atomic E-state index is 0.492. The van der Waals surface area contributed by atoms with E-state index in [1.165, 1.54) is 12.8 Å². The first-order chi connectivity index (χ1) is 9.86. The zero-order valence-electron chi connectivity index (χ0n) is 12.3. The Kier molecular flexibility index (Phi) is 4.52. The summed E-state index contributed by atoms with van der Waals surface area (Å²) in [5.74, 6) is 3.21. The third kappa shape index (κ3) is 3.12. The van der Waals surface area contributed by atoms with Crippen molar-refractivity contribution in [1.82, 2.24) is 20.5 Å². The van der Waals surface area contributed by atoms with Crippen LogP contribution in [0, 0.1) is 5.92 Å². The molecule has 0 radical (unpaired) electrons. The van der Waals surface area contributed by atoms with E-state index in [9.17, 15) is 0 Å². The van der Waals surface area contributed by atoms with Gasteiger partial charge in [-0.2, -0.15) is 4.98 Å². The van der Waals surface area contributed by atoms with Crippen LogP contribution in [0.2, 0.25) is 0 Å². The summed E-state index contributed by atoms with van der Waals surface area (Å²) in [6, 6.07) is 0. The van der Waals surface area contributed by atoms with E-state index in [1.54, 1.807) is 0 Å². The van der Waals surface area contributed by atoms with Crippen molar-refractivity contribution in [2.45, 2.75) is 31.6 Å². The summed E-state index contributed by atoms with van der Waals surface area (Å²) in [6.45, 7) is 4.94. The summed E-state index contributed by atoms with van der Waals surface area (Å²) in [4.78, 5) is 7.03. The molecule has 0 amide bonds. The van der Waals surface area contributed by atoms with Gasteiger partial charge in [-0.05, 0) is 45.2 Å². The molecule has 0 spiro atoms. The SMILES string of the molecule is CNCC1CCN(c2n[nH]c(C3CCOCC3)n2)CC1. The molecule has 6 heteroatoms. The molecule has 20 heavy (non-hydrogen) atoms. The highest BCUT2D eigenvalue weighted by Gasteiger charge is 2.24. The first-order valence-corrected chi connectivity index (χ1v) is 7.76. The number of aromatic nitrogens is 3. The maximum absolute atomic E-state index is 5.40. The fourth-order valence-corrected chi connectivity index (χ4v) is 3.19. The Morgan fingerprint density at radius 3 is 2.70 bits per heavy atom. The van der Waals surface area contributed by atoms with Crippen LogP contribution in [0.25, 0.3) is 0 Å². The maximum Gasteiger partial charge on any atom is 0.244 e. The van der Waals surface area contributed by atoms with Gasteiger partial charge in [0.25, 0.3) is 0 Å². The lowest BCUT2D eigenvalue weighted by atomic mass is 9.97. The minimum atomic E-state index is 0.492. The van der Waals surface area contributed by atoms with Crippen molar-refractivity contribution in [3.05, 3.63) is 5.82 Å². The number of nitrogens with zero attached hydrogens (tertiary/aromatic N) is 3. The van der Waals surface area contributed by atoms with Crippen LogP contribution in [0.4, 0.5) is 5.95 Å². The number of H-pyrrole nitrogens is 1. The number of anilines is 1. The van der Waals surface area contributed by atoms with E-state index in [0.717, 1.165) is 63.4 Å². The molecule has 1 aromatic heterocycles. The average molecular weight is 279 g/mol. The average Bonchev–Trinajstić information content (AvgIpc) is 2.99. The number of hydrogen-bond acceptors (Lipinski definition) is 5. The predicted molar refractivity (Wildman–Crippen MR) is 78.0 cm³/mol. The Morgan fingerprint density at radius 1 is 1.25 bits per heavy atom. The molecule has 2 saturated heterocycles. The van der Waals surface area contributed by atoms with Crippen molar-refractivity contribution < 1.29 is 4.74 Å². The summed E-state index contributed by atoms with van der Waals surface area (Å²) in [6.07, 6.45) is 4.56. The summed E-state index contributed by atoms with van der Waals surface area (Å²) < 4.78 is 5.40. The lowest BCUT2D eigenvalue weighted by molar-refractivity contribution is 0.0836. The Labute approximate surface area is 120 Å². The lowest BCUT2D eigenvalue weighted by Crippen LogP contribution is -2.37. The number of aromatic amines is 1. The summed E-state index contributed by atoms with van der Waals surface area (Å²) in [5.41, 5.74) is 0.